The molecule has 90 valence electrons. The SMILES string of the molecule is C=C(C=C(C)C)c1cccc(-c2cccnc2)c1. The minimum Gasteiger partial charge on any atom is -0.264 e. The van der Waals surface area contributed by atoms with Crippen LogP contribution in [0.1, 0.15) is 19.4 Å². The van der Waals surface area contributed by atoms with Gasteiger partial charge in [-0.05, 0) is 42.7 Å². The Kier molecular flexibility index (Phi) is 3.73. The summed E-state index contributed by atoms with van der Waals surface area (Å²) in [7, 11) is 0. The van der Waals surface area contributed by atoms with Gasteiger partial charge < -0.3 is 0 Å². The fourth-order valence-corrected chi connectivity index (χ4v) is 1.86. The highest BCUT2D eigenvalue weighted by molar-refractivity contribution is 5.76. The topological polar surface area (TPSA) is 12.9 Å². The molecule has 0 saturated carbocycles. The first kappa shape index (κ1) is 12.3. The number of hydrogen-bond donors (Lipinski definition) is 0. The lowest BCUT2D eigenvalue weighted by atomic mass is 10.00. The van der Waals surface area contributed by atoms with Crippen LogP contribution >= 0.6 is 0 Å². The number of pyridine rings is 1. The molecule has 0 unspecified atom stereocenters. The molecule has 0 bridgehead atoms. The largest absolute Gasteiger partial charge is 0.264 e. The summed E-state index contributed by atoms with van der Waals surface area (Å²) in [5.74, 6) is 0. The zero-order valence-electron chi connectivity index (χ0n) is 10.9. The summed E-state index contributed by atoms with van der Waals surface area (Å²) < 4.78 is 0. The second-order valence-corrected chi connectivity index (χ2v) is 4.57. The third kappa shape index (κ3) is 2.95. The van der Waals surface area contributed by atoms with Crippen molar-refractivity contribution in [1.29, 1.82) is 0 Å². The lowest BCUT2D eigenvalue weighted by molar-refractivity contribution is 1.33. The molecule has 2 rings (SSSR count). The Labute approximate surface area is 109 Å². The number of allylic oxidation sites excluding steroid dienone is 3. The quantitative estimate of drug-likeness (QED) is 0.701. The van der Waals surface area contributed by atoms with Gasteiger partial charge in [-0.2, -0.15) is 0 Å². The summed E-state index contributed by atoms with van der Waals surface area (Å²) in [4.78, 5) is 4.15. The summed E-state index contributed by atoms with van der Waals surface area (Å²) in [6.45, 7) is 8.27. The Balaban J connectivity index is 2.37. The van der Waals surface area contributed by atoms with E-state index in [1.807, 2.05) is 12.3 Å². The standard InChI is InChI=1S/C17H17N/c1-13(2)10-14(3)15-6-4-7-16(11-15)17-8-5-9-18-12-17/h4-12H,3H2,1-2H3. The highest BCUT2D eigenvalue weighted by Crippen LogP contribution is 2.23. The van der Waals surface area contributed by atoms with Crippen LogP contribution in [-0.4, -0.2) is 4.98 Å². The van der Waals surface area contributed by atoms with E-state index in [1.165, 1.54) is 11.1 Å². The van der Waals surface area contributed by atoms with Crippen molar-refractivity contribution in [3.05, 3.63) is 72.6 Å². The summed E-state index contributed by atoms with van der Waals surface area (Å²) in [6, 6.07) is 12.4. The van der Waals surface area contributed by atoms with Crippen LogP contribution in [0.4, 0.5) is 0 Å². The van der Waals surface area contributed by atoms with Crippen molar-refractivity contribution in [2.24, 2.45) is 0 Å². The predicted molar refractivity (Wildman–Crippen MR) is 78.1 cm³/mol. The van der Waals surface area contributed by atoms with E-state index in [0.29, 0.717) is 0 Å². The molecule has 1 aromatic heterocycles. The normalized spacial score (nSPS) is 9.89. The van der Waals surface area contributed by atoms with Gasteiger partial charge in [0.25, 0.3) is 0 Å². The fraction of sp³-hybridized carbons (Fsp3) is 0.118. The van der Waals surface area contributed by atoms with Gasteiger partial charge in [-0.3, -0.25) is 4.98 Å². The van der Waals surface area contributed by atoms with Crippen LogP contribution in [0, 0.1) is 0 Å². The number of benzene rings is 1. The van der Waals surface area contributed by atoms with E-state index in [4.69, 9.17) is 0 Å². The fourth-order valence-electron chi connectivity index (χ4n) is 1.86. The first-order valence-corrected chi connectivity index (χ1v) is 6.01. The lowest BCUT2D eigenvalue weighted by Gasteiger charge is -2.06. The zero-order valence-corrected chi connectivity index (χ0v) is 10.9. The molecule has 18 heavy (non-hydrogen) atoms. The van der Waals surface area contributed by atoms with Gasteiger partial charge in [0.05, 0.1) is 0 Å². The number of nitrogens with zero attached hydrogens (tertiary/aromatic N) is 1. The third-order valence-electron chi connectivity index (χ3n) is 2.69. The van der Waals surface area contributed by atoms with Crippen LogP contribution in [0.25, 0.3) is 16.7 Å². The first-order valence-electron chi connectivity index (χ1n) is 6.01. The molecule has 0 atom stereocenters. The average Bonchev–Trinajstić information content (AvgIpc) is 2.39. The van der Waals surface area contributed by atoms with E-state index >= 15 is 0 Å². The van der Waals surface area contributed by atoms with Gasteiger partial charge in [0, 0.05) is 18.0 Å². The first-order chi connectivity index (χ1) is 8.66. The molecule has 0 aliphatic rings. The molecular formula is C17H17N. The Morgan fingerprint density at radius 1 is 1.11 bits per heavy atom. The van der Waals surface area contributed by atoms with Crippen LogP contribution in [0.3, 0.4) is 0 Å². The van der Waals surface area contributed by atoms with Crippen LogP contribution in [0.5, 0.6) is 0 Å². The minimum atomic E-state index is 1.04. The van der Waals surface area contributed by atoms with Crippen LogP contribution in [-0.2, 0) is 0 Å². The highest BCUT2D eigenvalue weighted by atomic mass is 14.6. The van der Waals surface area contributed by atoms with E-state index in [9.17, 15) is 0 Å². The van der Waals surface area contributed by atoms with Crippen LogP contribution < -0.4 is 0 Å². The monoisotopic (exact) mass is 235 g/mol. The Hall–Kier alpha value is -2.15. The molecular weight excluding hydrogens is 218 g/mol. The summed E-state index contributed by atoms with van der Waals surface area (Å²) in [6.07, 6.45) is 5.76. The zero-order chi connectivity index (χ0) is 13.0. The van der Waals surface area contributed by atoms with Gasteiger partial charge in [0.1, 0.15) is 0 Å². The average molecular weight is 235 g/mol. The number of hydrogen-bond acceptors (Lipinski definition) is 1. The third-order valence-corrected chi connectivity index (χ3v) is 2.69. The van der Waals surface area contributed by atoms with Crippen molar-refractivity contribution in [1.82, 2.24) is 4.98 Å². The maximum atomic E-state index is 4.15. The Bertz CT molecular complexity index is 576. The lowest BCUT2D eigenvalue weighted by Crippen LogP contribution is -1.84. The highest BCUT2D eigenvalue weighted by Gasteiger charge is 2.00. The van der Waals surface area contributed by atoms with E-state index < -0.39 is 0 Å². The smallest absolute Gasteiger partial charge is 0.0346 e. The Morgan fingerprint density at radius 3 is 2.56 bits per heavy atom. The Morgan fingerprint density at radius 2 is 1.89 bits per heavy atom. The maximum absolute atomic E-state index is 4.15. The van der Waals surface area contributed by atoms with E-state index in [2.05, 4.69) is 61.8 Å². The van der Waals surface area contributed by atoms with Crippen molar-refractivity contribution in [2.45, 2.75) is 13.8 Å². The molecule has 0 fully saturated rings. The van der Waals surface area contributed by atoms with Gasteiger partial charge in [0.15, 0.2) is 0 Å². The summed E-state index contributed by atoms with van der Waals surface area (Å²) in [5, 5.41) is 0. The molecule has 0 aliphatic carbocycles. The molecule has 1 heterocycles. The number of aromatic nitrogens is 1. The molecule has 2 aromatic rings. The minimum absolute atomic E-state index is 1.04. The van der Waals surface area contributed by atoms with Gasteiger partial charge in [-0.15, -0.1) is 0 Å². The summed E-state index contributed by atoms with van der Waals surface area (Å²) >= 11 is 0. The van der Waals surface area contributed by atoms with Gasteiger partial charge in [-0.1, -0.05) is 42.5 Å². The van der Waals surface area contributed by atoms with Gasteiger partial charge >= 0.3 is 0 Å². The second-order valence-electron chi connectivity index (χ2n) is 4.57. The molecule has 0 amide bonds. The van der Waals surface area contributed by atoms with Crippen molar-refractivity contribution in [2.75, 3.05) is 0 Å². The van der Waals surface area contributed by atoms with Crippen molar-refractivity contribution in [3.8, 4) is 11.1 Å². The molecule has 0 saturated heterocycles. The summed E-state index contributed by atoms with van der Waals surface area (Å²) in [5.41, 5.74) is 5.75. The van der Waals surface area contributed by atoms with E-state index in [1.54, 1.807) is 6.20 Å². The molecule has 1 aromatic carbocycles. The van der Waals surface area contributed by atoms with Crippen molar-refractivity contribution < 1.29 is 0 Å². The second kappa shape index (κ2) is 5.46. The molecule has 0 N–H and O–H groups in total. The molecule has 0 spiro atoms. The van der Waals surface area contributed by atoms with Crippen LogP contribution in [0.2, 0.25) is 0 Å². The molecule has 0 radical (unpaired) electrons. The van der Waals surface area contributed by atoms with Crippen molar-refractivity contribution in [3.63, 3.8) is 0 Å². The van der Waals surface area contributed by atoms with E-state index in [0.717, 1.165) is 16.7 Å². The molecule has 1 heteroatoms. The predicted octanol–water partition coefficient (Wildman–Crippen LogP) is 4.73. The molecule has 1 nitrogen and oxygen atoms in total. The van der Waals surface area contributed by atoms with Gasteiger partial charge in [-0.25, -0.2) is 0 Å². The van der Waals surface area contributed by atoms with E-state index in [-0.39, 0.29) is 0 Å². The van der Waals surface area contributed by atoms with Gasteiger partial charge in [0.2, 0.25) is 0 Å². The van der Waals surface area contributed by atoms with Crippen molar-refractivity contribution >= 4 is 5.57 Å². The maximum Gasteiger partial charge on any atom is 0.0346 e. The van der Waals surface area contributed by atoms with Crippen LogP contribution in [0.15, 0.2) is 67.0 Å². The molecule has 0 aliphatic heterocycles. The number of rotatable bonds is 3.